The van der Waals surface area contributed by atoms with E-state index in [-0.39, 0.29) is 11.0 Å². The van der Waals surface area contributed by atoms with Gasteiger partial charge in [0.05, 0.1) is 10.9 Å². The number of hydrogen-bond acceptors (Lipinski definition) is 3. The van der Waals surface area contributed by atoms with Gasteiger partial charge in [0, 0.05) is 5.56 Å². The van der Waals surface area contributed by atoms with Crippen molar-refractivity contribution in [1.29, 1.82) is 0 Å². The molecule has 3 rings (SSSR count). The van der Waals surface area contributed by atoms with Crippen molar-refractivity contribution in [3.8, 4) is 0 Å². The number of rotatable bonds is 4. The smallest absolute Gasteiger partial charge is 0.335 e. The fraction of sp³-hybridized carbons (Fsp3) is 0.143. The molecule has 4 heteroatoms. The molecule has 126 valence electrons. The molecule has 0 spiro atoms. The summed E-state index contributed by atoms with van der Waals surface area (Å²) in [5, 5.41) is 9.42. The molecule has 1 heterocycles. The zero-order chi connectivity index (χ0) is 18.0. The normalized spacial score (nSPS) is 11.7. The van der Waals surface area contributed by atoms with Crippen LogP contribution < -0.4 is 5.43 Å². The maximum absolute atomic E-state index is 12.8. The molecule has 0 saturated carbocycles. The summed E-state index contributed by atoms with van der Waals surface area (Å²) in [5.41, 5.74) is 2.86. The highest BCUT2D eigenvalue weighted by atomic mass is 16.4. The number of carbonyl (C=O) groups is 1. The molecule has 1 aromatic heterocycles. The van der Waals surface area contributed by atoms with Crippen LogP contribution >= 0.6 is 0 Å². The third kappa shape index (κ3) is 3.24. The van der Waals surface area contributed by atoms with Crippen LogP contribution in [0.2, 0.25) is 0 Å². The minimum Gasteiger partial charge on any atom is -0.478 e. The summed E-state index contributed by atoms with van der Waals surface area (Å²) in [6.45, 7) is 3.85. The highest BCUT2D eigenvalue weighted by molar-refractivity contribution is 5.93. The first-order valence-electron chi connectivity index (χ1n) is 8.08. The first-order chi connectivity index (χ1) is 12.0. The van der Waals surface area contributed by atoms with E-state index in [0.29, 0.717) is 28.7 Å². The fourth-order valence-electron chi connectivity index (χ4n) is 2.82. The van der Waals surface area contributed by atoms with Crippen LogP contribution in [0, 0.1) is 0 Å². The topological polar surface area (TPSA) is 67.5 Å². The Labute approximate surface area is 145 Å². The fourth-order valence-corrected chi connectivity index (χ4v) is 2.82. The SMILES string of the molecule is CCc1c(C=C(C)c2ccccc2)oc2ccc(C(=O)O)cc2c1=O. The first kappa shape index (κ1) is 16.7. The highest BCUT2D eigenvalue weighted by Crippen LogP contribution is 2.23. The second-order valence-corrected chi connectivity index (χ2v) is 5.84. The van der Waals surface area contributed by atoms with Gasteiger partial charge in [-0.3, -0.25) is 4.79 Å². The van der Waals surface area contributed by atoms with E-state index in [2.05, 4.69) is 0 Å². The summed E-state index contributed by atoms with van der Waals surface area (Å²) in [6, 6.07) is 14.2. The lowest BCUT2D eigenvalue weighted by molar-refractivity contribution is 0.0697. The predicted octanol–water partition coefficient (Wildman–Crippen LogP) is 4.61. The van der Waals surface area contributed by atoms with Crippen molar-refractivity contribution < 1.29 is 14.3 Å². The van der Waals surface area contributed by atoms with Crippen LogP contribution in [-0.4, -0.2) is 11.1 Å². The molecule has 0 aliphatic rings. The Morgan fingerprint density at radius 3 is 2.48 bits per heavy atom. The molecule has 0 fully saturated rings. The lowest BCUT2D eigenvalue weighted by Crippen LogP contribution is -2.11. The summed E-state index contributed by atoms with van der Waals surface area (Å²) >= 11 is 0. The van der Waals surface area contributed by atoms with E-state index in [4.69, 9.17) is 9.52 Å². The number of aromatic carboxylic acids is 1. The number of carboxylic acid groups (broad SMARTS) is 1. The van der Waals surface area contributed by atoms with Gasteiger partial charge in [-0.05, 0) is 48.8 Å². The molecule has 2 aromatic carbocycles. The Kier molecular flexibility index (Phi) is 4.52. The van der Waals surface area contributed by atoms with Gasteiger partial charge in [-0.15, -0.1) is 0 Å². The van der Waals surface area contributed by atoms with Crippen molar-refractivity contribution in [2.24, 2.45) is 0 Å². The number of hydrogen-bond donors (Lipinski definition) is 1. The summed E-state index contributed by atoms with van der Waals surface area (Å²) in [7, 11) is 0. The molecule has 0 radical (unpaired) electrons. The van der Waals surface area contributed by atoms with Crippen molar-refractivity contribution >= 4 is 28.6 Å². The first-order valence-corrected chi connectivity index (χ1v) is 8.08. The van der Waals surface area contributed by atoms with Gasteiger partial charge in [-0.1, -0.05) is 37.3 Å². The largest absolute Gasteiger partial charge is 0.478 e. The number of carboxylic acids is 1. The van der Waals surface area contributed by atoms with Gasteiger partial charge in [0.25, 0.3) is 0 Å². The average Bonchev–Trinajstić information content (AvgIpc) is 2.62. The summed E-state index contributed by atoms with van der Waals surface area (Å²) < 4.78 is 5.92. The molecule has 25 heavy (non-hydrogen) atoms. The van der Waals surface area contributed by atoms with Gasteiger partial charge in [-0.2, -0.15) is 0 Å². The standard InChI is InChI=1S/C21H18O4/c1-3-16-19(11-13(2)14-7-5-4-6-8-14)25-18-10-9-15(21(23)24)12-17(18)20(16)22/h4-12H,3H2,1-2H3,(H,23,24). The molecular formula is C21H18O4. The lowest BCUT2D eigenvalue weighted by Gasteiger charge is -2.08. The van der Waals surface area contributed by atoms with Gasteiger partial charge >= 0.3 is 5.97 Å². The van der Waals surface area contributed by atoms with E-state index in [1.807, 2.05) is 50.3 Å². The maximum atomic E-state index is 12.8. The Morgan fingerprint density at radius 1 is 1.12 bits per heavy atom. The molecule has 0 aliphatic heterocycles. The third-order valence-electron chi connectivity index (χ3n) is 4.19. The van der Waals surface area contributed by atoms with E-state index >= 15 is 0 Å². The van der Waals surface area contributed by atoms with Crippen molar-refractivity contribution in [1.82, 2.24) is 0 Å². The molecule has 0 amide bonds. The van der Waals surface area contributed by atoms with Gasteiger partial charge in [0.1, 0.15) is 11.3 Å². The summed E-state index contributed by atoms with van der Waals surface area (Å²) in [6.07, 6.45) is 2.36. The molecule has 4 nitrogen and oxygen atoms in total. The van der Waals surface area contributed by atoms with E-state index < -0.39 is 5.97 Å². The summed E-state index contributed by atoms with van der Waals surface area (Å²) in [4.78, 5) is 23.9. The van der Waals surface area contributed by atoms with E-state index in [1.165, 1.54) is 18.2 Å². The third-order valence-corrected chi connectivity index (χ3v) is 4.19. The van der Waals surface area contributed by atoms with Crippen molar-refractivity contribution in [2.75, 3.05) is 0 Å². The van der Waals surface area contributed by atoms with Crippen LogP contribution in [0.5, 0.6) is 0 Å². The van der Waals surface area contributed by atoms with Crippen molar-refractivity contribution in [2.45, 2.75) is 20.3 Å². The highest BCUT2D eigenvalue weighted by Gasteiger charge is 2.14. The zero-order valence-electron chi connectivity index (χ0n) is 14.1. The van der Waals surface area contributed by atoms with E-state index in [9.17, 15) is 9.59 Å². The van der Waals surface area contributed by atoms with Gasteiger partial charge < -0.3 is 9.52 Å². The minimum absolute atomic E-state index is 0.0746. The van der Waals surface area contributed by atoms with Gasteiger partial charge in [-0.25, -0.2) is 4.79 Å². The number of allylic oxidation sites excluding steroid dienone is 1. The zero-order valence-corrected chi connectivity index (χ0v) is 14.1. The molecule has 0 unspecified atom stereocenters. The molecular weight excluding hydrogens is 316 g/mol. The van der Waals surface area contributed by atoms with Crippen LogP contribution in [0.4, 0.5) is 0 Å². The predicted molar refractivity (Wildman–Crippen MR) is 98.8 cm³/mol. The van der Waals surface area contributed by atoms with Crippen LogP contribution in [0.25, 0.3) is 22.6 Å². The molecule has 0 saturated heterocycles. The molecule has 1 N–H and O–H groups in total. The average molecular weight is 334 g/mol. The van der Waals surface area contributed by atoms with Crippen molar-refractivity contribution in [3.05, 3.63) is 81.2 Å². The molecule has 3 aromatic rings. The Bertz CT molecular complexity index is 1030. The maximum Gasteiger partial charge on any atom is 0.335 e. The van der Waals surface area contributed by atoms with Gasteiger partial charge in [0.15, 0.2) is 5.43 Å². The number of benzene rings is 2. The quantitative estimate of drug-likeness (QED) is 0.756. The van der Waals surface area contributed by atoms with Crippen LogP contribution in [-0.2, 0) is 6.42 Å². The minimum atomic E-state index is -1.07. The van der Waals surface area contributed by atoms with Crippen LogP contribution in [0.15, 0.2) is 57.7 Å². The second kappa shape index (κ2) is 6.77. The molecule has 0 bridgehead atoms. The molecule has 0 atom stereocenters. The van der Waals surface area contributed by atoms with E-state index in [0.717, 1.165) is 11.1 Å². The van der Waals surface area contributed by atoms with Crippen LogP contribution in [0.1, 0.15) is 41.1 Å². The van der Waals surface area contributed by atoms with Crippen molar-refractivity contribution in [3.63, 3.8) is 0 Å². The summed E-state index contributed by atoms with van der Waals surface area (Å²) in [5.74, 6) is -0.548. The number of fused-ring (bicyclic) bond motifs is 1. The Hall–Kier alpha value is -3.14. The second-order valence-electron chi connectivity index (χ2n) is 5.84. The van der Waals surface area contributed by atoms with Crippen LogP contribution in [0.3, 0.4) is 0 Å². The Balaban J connectivity index is 2.21. The molecule has 0 aliphatic carbocycles. The lowest BCUT2D eigenvalue weighted by atomic mass is 10.0. The van der Waals surface area contributed by atoms with E-state index in [1.54, 1.807) is 0 Å². The Morgan fingerprint density at radius 2 is 1.84 bits per heavy atom. The van der Waals surface area contributed by atoms with Gasteiger partial charge in [0.2, 0.25) is 0 Å². The monoisotopic (exact) mass is 334 g/mol.